The van der Waals surface area contributed by atoms with E-state index >= 15 is 0 Å². The van der Waals surface area contributed by atoms with Gasteiger partial charge in [-0.05, 0) is 19.4 Å². The van der Waals surface area contributed by atoms with E-state index < -0.39 is 6.23 Å². The zero-order chi connectivity index (χ0) is 10.9. The molecule has 0 aromatic carbocycles. The van der Waals surface area contributed by atoms with Gasteiger partial charge in [0, 0.05) is 5.57 Å². The minimum absolute atomic E-state index is 0.166. The highest BCUT2D eigenvalue weighted by molar-refractivity contribution is 6.07. The van der Waals surface area contributed by atoms with Crippen LogP contribution in [0.5, 0.6) is 0 Å². The second kappa shape index (κ2) is 3.64. The molecule has 1 amide bonds. The lowest BCUT2D eigenvalue weighted by molar-refractivity contribution is -0.126. The summed E-state index contributed by atoms with van der Waals surface area (Å²) in [7, 11) is 0. The molecule has 1 rings (SSSR count). The average Bonchev–Trinajstić information content (AvgIpc) is 2.32. The van der Waals surface area contributed by atoms with Crippen LogP contribution in [0.4, 0.5) is 0 Å². The number of aliphatic hydroxyl groups excluding tert-OH is 1. The van der Waals surface area contributed by atoms with Gasteiger partial charge in [-0.2, -0.15) is 0 Å². The molecular formula is C7H13N5O2. The summed E-state index contributed by atoms with van der Waals surface area (Å²) >= 11 is 0. The molecule has 0 fully saturated rings. The molecule has 7 nitrogen and oxygen atoms in total. The number of amides is 1. The van der Waals surface area contributed by atoms with Crippen LogP contribution >= 0.6 is 0 Å². The van der Waals surface area contributed by atoms with Crippen molar-refractivity contribution >= 4 is 11.9 Å². The molecule has 1 aliphatic heterocycles. The quantitative estimate of drug-likeness (QED) is 0.172. The molecule has 0 saturated heterocycles. The number of hydrazone groups is 1. The predicted molar refractivity (Wildman–Crippen MR) is 50.2 cm³/mol. The fourth-order valence-corrected chi connectivity index (χ4v) is 1.20. The first kappa shape index (κ1) is 10.5. The summed E-state index contributed by atoms with van der Waals surface area (Å²) in [6, 6.07) is 0. The number of hydrogen-bond donors (Lipinski definition) is 4. The van der Waals surface area contributed by atoms with Crippen molar-refractivity contribution in [3.8, 4) is 0 Å². The largest absolute Gasteiger partial charge is 0.369 e. The van der Waals surface area contributed by atoms with Gasteiger partial charge < -0.3 is 10.8 Å². The van der Waals surface area contributed by atoms with E-state index in [9.17, 15) is 9.90 Å². The Bertz CT molecular complexity index is 322. The van der Waals surface area contributed by atoms with Gasteiger partial charge >= 0.3 is 0 Å². The lowest BCUT2D eigenvalue weighted by atomic mass is 10.2. The third-order valence-electron chi connectivity index (χ3n) is 2.19. The van der Waals surface area contributed by atoms with Crippen LogP contribution in [-0.2, 0) is 4.79 Å². The minimum atomic E-state index is -1.06. The van der Waals surface area contributed by atoms with Crippen LogP contribution in [0, 0.1) is 0 Å². The maximum Gasteiger partial charge on any atom is 0.258 e. The Morgan fingerprint density at radius 2 is 2.21 bits per heavy atom. The molecule has 0 aliphatic carbocycles. The first-order valence-corrected chi connectivity index (χ1v) is 3.98. The van der Waals surface area contributed by atoms with Crippen LogP contribution in [0.15, 0.2) is 16.2 Å². The van der Waals surface area contributed by atoms with Crippen LogP contribution < -0.4 is 17.1 Å². The van der Waals surface area contributed by atoms with Crippen molar-refractivity contribution in [2.75, 3.05) is 0 Å². The van der Waals surface area contributed by atoms with Gasteiger partial charge in [0.15, 0.2) is 6.23 Å². The van der Waals surface area contributed by atoms with E-state index in [1.165, 1.54) is 0 Å². The molecule has 0 spiro atoms. The Hall–Kier alpha value is -1.60. The normalized spacial score (nSPS) is 23.4. The highest BCUT2D eigenvalue weighted by atomic mass is 16.3. The summed E-state index contributed by atoms with van der Waals surface area (Å²) in [4.78, 5) is 12.5. The van der Waals surface area contributed by atoms with Gasteiger partial charge in [-0.1, -0.05) is 0 Å². The van der Waals surface area contributed by atoms with Crippen LogP contribution in [-0.4, -0.2) is 28.1 Å². The van der Waals surface area contributed by atoms with Crippen molar-refractivity contribution in [3.05, 3.63) is 11.1 Å². The highest BCUT2D eigenvalue weighted by Crippen LogP contribution is 2.22. The summed E-state index contributed by atoms with van der Waals surface area (Å²) < 4.78 is 0. The number of carbonyl (C=O) groups excluding carboxylic acids is 1. The lowest BCUT2D eigenvalue weighted by Crippen LogP contribution is -2.46. The molecule has 7 heteroatoms. The van der Waals surface area contributed by atoms with E-state index in [0.29, 0.717) is 11.1 Å². The third-order valence-corrected chi connectivity index (χ3v) is 2.19. The number of carbonyl (C=O) groups is 1. The molecule has 0 aromatic rings. The second-order valence-corrected chi connectivity index (χ2v) is 2.96. The van der Waals surface area contributed by atoms with E-state index in [4.69, 9.17) is 11.6 Å². The molecule has 0 bridgehead atoms. The Morgan fingerprint density at radius 1 is 1.64 bits per heavy atom. The number of nitrogens with zero attached hydrogens (tertiary/aromatic N) is 2. The van der Waals surface area contributed by atoms with Crippen molar-refractivity contribution < 1.29 is 9.90 Å². The maximum absolute atomic E-state index is 11.5. The molecule has 1 aliphatic rings. The Kier molecular flexibility index (Phi) is 2.73. The van der Waals surface area contributed by atoms with Gasteiger partial charge in [0.1, 0.15) is 0 Å². The number of aliphatic hydroxyl groups is 1. The van der Waals surface area contributed by atoms with Gasteiger partial charge in [-0.15, -0.1) is 5.10 Å². The van der Waals surface area contributed by atoms with E-state index in [-0.39, 0.29) is 11.9 Å². The molecule has 0 radical (unpaired) electrons. The van der Waals surface area contributed by atoms with Crippen LogP contribution in [0.25, 0.3) is 0 Å². The van der Waals surface area contributed by atoms with E-state index in [2.05, 4.69) is 5.10 Å². The average molecular weight is 199 g/mol. The summed E-state index contributed by atoms with van der Waals surface area (Å²) in [6.07, 6.45) is -1.06. The molecule has 0 aromatic heterocycles. The zero-order valence-electron chi connectivity index (χ0n) is 7.98. The lowest BCUT2D eigenvalue weighted by Gasteiger charge is -2.20. The Balaban J connectivity index is 2.97. The molecule has 78 valence electrons. The number of hydrazine groups is 1. The molecule has 1 atom stereocenters. The van der Waals surface area contributed by atoms with Crippen LogP contribution in [0.2, 0.25) is 0 Å². The predicted octanol–water partition coefficient (Wildman–Crippen LogP) is -1.82. The Labute approximate surface area is 81.0 Å². The van der Waals surface area contributed by atoms with Gasteiger partial charge in [0.25, 0.3) is 5.91 Å². The van der Waals surface area contributed by atoms with E-state index in [1.807, 2.05) is 5.53 Å². The van der Waals surface area contributed by atoms with Crippen molar-refractivity contribution in [1.82, 2.24) is 10.4 Å². The van der Waals surface area contributed by atoms with E-state index in [1.54, 1.807) is 13.8 Å². The van der Waals surface area contributed by atoms with Gasteiger partial charge in [0.2, 0.25) is 5.96 Å². The van der Waals surface area contributed by atoms with Crippen molar-refractivity contribution in [2.45, 2.75) is 20.1 Å². The first-order valence-electron chi connectivity index (χ1n) is 3.98. The summed E-state index contributed by atoms with van der Waals surface area (Å²) in [5.41, 5.74) is 8.40. The topological polar surface area (TPSA) is 117 Å². The highest BCUT2D eigenvalue weighted by Gasteiger charge is 2.35. The number of nitrogens with one attached hydrogen (secondary N) is 1. The third kappa shape index (κ3) is 1.42. The smallest absolute Gasteiger partial charge is 0.258 e. The fraction of sp³-hybridized carbons (Fsp3) is 0.429. The molecule has 6 N–H and O–H groups in total. The number of rotatable bonds is 1. The standard InChI is InChI=1S/C7H13N5O2/c1-3-4(2)6(14)12(5(3)13)7(8)10-11-9/h5,11,13H,9H2,1-2H3,(H2,8,10). The first-order chi connectivity index (χ1) is 6.50. The number of hydrogen-bond acceptors (Lipinski definition) is 5. The molecular weight excluding hydrogens is 186 g/mol. The summed E-state index contributed by atoms with van der Waals surface area (Å²) in [6.45, 7) is 3.27. The van der Waals surface area contributed by atoms with Crippen molar-refractivity contribution in [1.29, 1.82) is 0 Å². The SMILES string of the molecule is CC1=C(C)C(O)N(/C(N)=N/NN)C1=O. The number of guanidine groups is 1. The van der Waals surface area contributed by atoms with Crippen LogP contribution in [0.1, 0.15) is 13.8 Å². The summed E-state index contributed by atoms with van der Waals surface area (Å²) in [5, 5.41) is 13.0. The molecule has 14 heavy (non-hydrogen) atoms. The molecule has 1 unspecified atom stereocenters. The second-order valence-electron chi connectivity index (χ2n) is 2.96. The van der Waals surface area contributed by atoms with Gasteiger partial charge in [0.05, 0.1) is 0 Å². The van der Waals surface area contributed by atoms with Crippen molar-refractivity contribution in [3.63, 3.8) is 0 Å². The maximum atomic E-state index is 11.5. The monoisotopic (exact) mass is 199 g/mol. The van der Waals surface area contributed by atoms with Gasteiger partial charge in [-0.3, -0.25) is 4.79 Å². The summed E-state index contributed by atoms with van der Waals surface area (Å²) in [5.74, 6) is 4.37. The van der Waals surface area contributed by atoms with E-state index in [0.717, 1.165) is 4.90 Å². The fourth-order valence-electron chi connectivity index (χ4n) is 1.20. The zero-order valence-corrected chi connectivity index (χ0v) is 7.98. The Morgan fingerprint density at radius 3 is 2.57 bits per heavy atom. The minimum Gasteiger partial charge on any atom is -0.369 e. The van der Waals surface area contributed by atoms with Gasteiger partial charge in [-0.25, -0.2) is 16.3 Å². The number of nitrogens with two attached hydrogens (primary N) is 2. The molecule has 1 heterocycles. The molecule has 0 saturated carbocycles. The van der Waals surface area contributed by atoms with Crippen LogP contribution in [0.3, 0.4) is 0 Å². The van der Waals surface area contributed by atoms with Crippen molar-refractivity contribution in [2.24, 2.45) is 16.7 Å².